The van der Waals surface area contributed by atoms with Crippen LogP contribution in [0.3, 0.4) is 0 Å². The Morgan fingerprint density at radius 2 is 2.00 bits per heavy atom. The number of carbonyl (C=O) groups is 1. The van der Waals surface area contributed by atoms with E-state index >= 15 is 0 Å². The van der Waals surface area contributed by atoms with Crippen LogP contribution in [-0.2, 0) is 17.8 Å². The Labute approximate surface area is 129 Å². The third-order valence-electron chi connectivity index (χ3n) is 3.85. The molecule has 4 heteroatoms. The molecule has 1 amide bonds. The van der Waals surface area contributed by atoms with Gasteiger partial charge in [0.2, 0.25) is 5.91 Å². The topological polar surface area (TPSA) is 46.9 Å². The van der Waals surface area contributed by atoms with Crippen molar-refractivity contribution in [1.82, 2.24) is 9.78 Å². The van der Waals surface area contributed by atoms with Crippen LogP contribution in [0.2, 0.25) is 0 Å². The maximum atomic E-state index is 12.4. The zero-order valence-electron chi connectivity index (χ0n) is 12.8. The average Bonchev–Trinajstić information content (AvgIpc) is 2.92. The second-order valence-electron chi connectivity index (χ2n) is 5.37. The van der Waals surface area contributed by atoms with Gasteiger partial charge in [0.25, 0.3) is 0 Å². The molecule has 0 radical (unpaired) electrons. The van der Waals surface area contributed by atoms with E-state index in [0.717, 1.165) is 34.1 Å². The highest BCUT2D eigenvalue weighted by molar-refractivity contribution is 5.93. The molecule has 0 fully saturated rings. The highest BCUT2D eigenvalue weighted by atomic mass is 16.2. The lowest BCUT2D eigenvalue weighted by Crippen LogP contribution is -2.20. The van der Waals surface area contributed by atoms with E-state index in [9.17, 15) is 4.79 Å². The van der Waals surface area contributed by atoms with Crippen molar-refractivity contribution in [3.05, 3.63) is 59.8 Å². The average molecular weight is 293 g/mol. The van der Waals surface area contributed by atoms with E-state index in [-0.39, 0.29) is 12.5 Å². The van der Waals surface area contributed by atoms with Crippen LogP contribution in [0.5, 0.6) is 0 Å². The lowest BCUT2D eigenvalue weighted by Gasteiger charge is -2.13. The standard InChI is InChI=1S/C18H19N3O/c1-3-14-9-6-7-13(2)18(14)20-17(22)12-21-16-10-5-4-8-15(16)11-19-21/h4-11H,3,12H2,1-2H3,(H,20,22). The van der Waals surface area contributed by atoms with Crippen molar-refractivity contribution in [1.29, 1.82) is 0 Å². The molecule has 3 rings (SSSR count). The van der Waals surface area contributed by atoms with Crippen LogP contribution in [0.15, 0.2) is 48.7 Å². The fourth-order valence-corrected chi connectivity index (χ4v) is 2.67. The monoisotopic (exact) mass is 293 g/mol. The van der Waals surface area contributed by atoms with E-state index in [0.29, 0.717) is 0 Å². The molecule has 22 heavy (non-hydrogen) atoms. The predicted molar refractivity (Wildman–Crippen MR) is 88.9 cm³/mol. The summed E-state index contributed by atoms with van der Waals surface area (Å²) < 4.78 is 1.73. The van der Waals surface area contributed by atoms with E-state index in [4.69, 9.17) is 0 Å². The lowest BCUT2D eigenvalue weighted by molar-refractivity contribution is -0.116. The van der Waals surface area contributed by atoms with Gasteiger partial charge >= 0.3 is 0 Å². The molecule has 1 aromatic heterocycles. The number of anilines is 1. The number of para-hydroxylation sites is 2. The minimum atomic E-state index is -0.0575. The molecule has 0 spiro atoms. The van der Waals surface area contributed by atoms with Gasteiger partial charge in [0.15, 0.2) is 0 Å². The van der Waals surface area contributed by atoms with E-state index in [1.807, 2.05) is 49.4 Å². The number of aryl methyl sites for hydroxylation is 2. The van der Waals surface area contributed by atoms with Crippen molar-refractivity contribution in [2.45, 2.75) is 26.8 Å². The van der Waals surface area contributed by atoms with Gasteiger partial charge in [-0.3, -0.25) is 9.48 Å². The summed E-state index contributed by atoms with van der Waals surface area (Å²) in [4.78, 5) is 12.4. The fraction of sp³-hybridized carbons (Fsp3) is 0.222. The first-order valence-electron chi connectivity index (χ1n) is 7.48. The summed E-state index contributed by atoms with van der Waals surface area (Å²) >= 11 is 0. The van der Waals surface area contributed by atoms with E-state index in [2.05, 4.69) is 17.3 Å². The summed E-state index contributed by atoms with van der Waals surface area (Å²) in [7, 11) is 0. The molecule has 2 aromatic carbocycles. The molecule has 0 saturated heterocycles. The molecular formula is C18H19N3O. The largest absolute Gasteiger partial charge is 0.324 e. The number of benzene rings is 2. The van der Waals surface area contributed by atoms with E-state index in [1.54, 1.807) is 10.9 Å². The predicted octanol–water partition coefficient (Wildman–Crippen LogP) is 3.55. The molecule has 1 N–H and O–H groups in total. The van der Waals surface area contributed by atoms with Crippen LogP contribution in [0.1, 0.15) is 18.1 Å². The number of carbonyl (C=O) groups excluding carboxylic acids is 1. The van der Waals surface area contributed by atoms with Crippen molar-refractivity contribution in [2.24, 2.45) is 0 Å². The Bertz CT molecular complexity index is 820. The van der Waals surface area contributed by atoms with Crippen LogP contribution in [-0.4, -0.2) is 15.7 Å². The van der Waals surface area contributed by atoms with Crippen LogP contribution in [0, 0.1) is 6.92 Å². The highest BCUT2D eigenvalue weighted by Crippen LogP contribution is 2.21. The summed E-state index contributed by atoms with van der Waals surface area (Å²) in [6, 6.07) is 14.0. The minimum absolute atomic E-state index is 0.0575. The number of nitrogens with one attached hydrogen (secondary N) is 1. The molecule has 3 aromatic rings. The van der Waals surface area contributed by atoms with Gasteiger partial charge in [0.1, 0.15) is 6.54 Å². The molecule has 0 saturated carbocycles. The van der Waals surface area contributed by atoms with Gasteiger partial charge in [-0.25, -0.2) is 0 Å². The third kappa shape index (κ3) is 2.72. The molecule has 0 unspecified atom stereocenters. The summed E-state index contributed by atoms with van der Waals surface area (Å²) in [5, 5.41) is 8.37. The lowest BCUT2D eigenvalue weighted by atomic mass is 10.1. The maximum Gasteiger partial charge on any atom is 0.246 e. The third-order valence-corrected chi connectivity index (χ3v) is 3.85. The van der Waals surface area contributed by atoms with Crippen molar-refractivity contribution < 1.29 is 4.79 Å². The minimum Gasteiger partial charge on any atom is -0.324 e. The van der Waals surface area contributed by atoms with Gasteiger partial charge in [0.05, 0.1) is 11.7 Å². The zero-order valence-corrected chi connectivity index (χ0v) is 12.8. The Morgan fingerprint density at radius 1 is 1.18 bits per heavy atom. The quantitative estimate of drug-likeness (QED) is 0.799. The summed E-state index contributed by atoms with van der Waals surface area (Å²) in [6.45, 7) is 4.31. The molecule has 0 bridgehead atoms. The second-order valence-corrected chi connectivity index (χ2v) is 5.37. The number of rotatable bonds is 4. The van der Waals surface area contributed by atoms with Crippen molar-refractivity contribution in [3.63, 3.8) is 0 Å². The van der Waals surface area contributed by atoms with E-state index in [1.165, 1.54) is 0 Å². The maximum absolute atomic E-state index is 12.4. The molecular weight excluding hydrogens is 274 g/mol. The second kappa shape index (κ2) is 6.02. The van der Waals surface area contributed by atoms with Crippen LogP contribution in [0.25, 0.3) is 10.9 Å². The Hall–Kier alpha value is -2.62. The summed E-state index contributed by atoms with van der Waals surface area (Å²) in [5.41, 5.74) is 4.13. The molecule has 0 aliphatic rings. The van der Waals surface area contributed by atoms with Crippen molar-refractivity contribution in [3.8, 4) is 0 Å². The number of hydrogen-bond donors (Lipinski definition) is 1. The number of hydrogen-bond acceptors (Lipinski definition) is 2. The van der Waals surface area contributed by atoms with Gasteiger partial charge in [-0.2, -0.15) is 5.10 Å². The van der Waals surface area contributed by atoms with Crippen LogP contribution < -0.4 is 5.32 Å². The van der Waals surface area contributed by atoms with Gasteiger partial charge in [-0.15, -0.1) is 0 Å². The van der Waals surface area contributed by atoms with Crippen LogP contribution in [0.4, 0.5) is 5.69 Å². The first kappa shape index (κ1) is 14.3. The zero-order chi connectivity index (χ0) is 15.5. The molecule has 4 nitrogen and oxygen atoms in total. The Balaban J connectivity index is 1.81. The van der Waals surface area contributed by atoms with E-state index < -0.39 is 0 Å². The van der Waals surface area contributed by atoms with Gasteiger partial charge in [-0.1, -0.05) is 43.3 Å². The first-order chi connectivity index (χ1) is 10.7. The number of aromatic nitrogens is 2. The van der Waals surface area contributed by atoms with Gasteiger partial charge < -0.3 is 5.32 Å². The Morgan fingerprint density at radius 3 is 2.82 bits per heavy atom. The Kier molecular flexibility index (Phi) is 3.92. The molecule has 0 aliphatic carbocycles. The van der Waals surface area contributed by atoms with Gasteiger partial charge in [0, 0.05) is 11.1 Å². The molecule has 0 aliphatic heterocycles. The summed E-state index contributed by atoms with van der Waals surface area (Å²) in [5.74, 6) is -0.0575. The van der Waals surface area contributed by atoms with Crippen LogP contribution >= 0.6 is 0 Å². The first-order valence-corrected chi connectivity index (χ1v) is 7.48. The fourth-order valence-electron chi connectivity index (χ4n) is 2.67. The summed E-state index contributed by atoms with van der Waals surface area (Å²) in [6.07, 6.45) is 2.68. The molecule has 112 valence electrons. The normalized spacial score (nSPS) is 10.8. The SMILES string of the molecule is CCc1cccc(C)c1NC(=O)Cn1ncc2ccccc21. The molecule has 0 atom stereocenters. The number of nitrogens with zero attached hydrogens (tertiary/aromatic N) is 2. The van der Waals surface area contributed by atoms with Crippen molar-refractivity contribution >= 4 is 22.5 Å². The van der Waals surface area contributed by atoms with Gasteiger partial charge in [-0.05, 0) is 30.5 Å². The highest BCUT2D eigenvalue weighted by Gasteiger charge is 2.11. The number of fused-ring (bicyclic) bond motifs is 1. The van der Waals surface area contributed by atoms with Crippen molar-refractivity contribution in [2.75, 3.05) is 5.32 Å². The smallest absolute Gasteiger partial charge is 0.246 e. The molecule has 1 heterocycles. The number of amides is 1.